The van der Waals surface area contributed by atoms with Crippen molar-refractivity contribution in [3.8, 4) is 17.1 Å². The molecular weight excluding hydrogens is 460 g/mol. The quantitative estimate of drug-likeness (QED) is 0.307. The number of fused-ring (bicyclic) bond motifs is 1. The Bertz CT molecular complexity index is 1340. The van der Waals surface area contributed by atoms with E-state index in [2.05, 4.69) is 36.7 Å². The van der Waals surface area contributed by atoms with Crippen LogP contribution in [0, 0.1) is 6.92 Å². The summed E-state index contributed by atoms with van der Waals surface area (Å²) in [5.74, 6) is -0.777. The van der Waals surface area contributed by atoms with E-state index in [1.54, 1.807) is 18.2 Å². The van der Waals surface area contributed by atoms with Crippen molar-refractivity contribution < 1.29 is 18.4 Å². The molecule has 0 atom stereocenters. The number of aryl methyl sites for hydroxylation is 1. The minimum atomic E-state index is -0.781. The third kappa shape index (κ3) is 4.21. The van der Waals surface area contributed by atoms with Crippen LogP contribution in [0.3, 0.4) is 0 Å². The maximum Gasteiger partial charge on any atom is 0.379 e. The molecule has 0 aliphatic rings. The first-order chi connectivity index (χ1) is 14.6. The maximum atomic E-state index is 13.3. The second-order valence-corrected chi connectivity index (χ2v) is 9.19. The van der Waals surface area contributed by atoms with Gasteiger partial charge in [-0.15, -0.1) is 0 Å². The number of carbonyl (C=O) groups is 1. The predicted octanol–water partition coefficient (Wildman–Crippen LogP) is 6.64. The molecule has 2 aromatic carbocycles. The lowest BCUT2D eigenvalue weighted by Crippen LogP contribution is -2.16. The van der Waals surface area contributed by atoms with E-state index in [0.29, 0.717) is 21.2 Å². The van der Waals surface area contributed by atoms with Crippen LogP contribution in [-0.4, -0.2) is 5.97 Å². The van der Waals surface area contributed by atoms with Gasteiger partial charge in [-0.25, -0.2) is 4.79 Å². The van der Waals surface area contributed by atoms with Crippen molar-refractivity contribution in [2.45, 2.75) is 33.1 Å². The Morgan fingerprint density at radius 3 is 2.29 bits per heavy atom. The monoisotopic (exact) mass is 480 g/mol. The SMILES string of the molecule is Cc1ccc2c(=O)c(OC(=O)c3ccc(Br)o3)c(-c3ccc(C(C)(C)C)cc3)oc2c1. The Hall–Kier alpha value is -3.12. The highest BCUT2D eigenvalue weighted by Crippen LogP contribution is 2.33. The Labute approximate surface area is 187 Å². The molecule has 0 aliphatic carbocycles. The summed E-state index contributed by atoms with van der Waals surface area (Å²) in [5, 5.41) is 0.337. The van der Waals surface area contributed by atoms with Crippen LogP contribution in [0.15, 0.2) is 72.9 Å². The average molecular weight is 481 g/mol. The average Bonchev–Trinajstić information content (AvgIpc) is 3.15. The predicted molar refractivity (Wildman–Crippen MR) is 123 cm³/mol. The molecule has 31 heavy (non-hydrogen) atoms. The molecule has 5 nitrogen and oxygen atoms in total. The van der Waals surface area contributed by atoms with Crippen LogP contribution in [0.5, 0.6) is 5.75 Å². The Morgan fingerprint density at radius 1 is 0.968 bits per heavy atom. The zero-order valence-corrected chi connectivity index (χ0v) is 19.2. The van der Waals surface area contributed by atoms with Crippen LogP contribution in [0.4, 0.5) is 0 Å². The van der Waals surface area contributed by atoms with E-state index >= 15 is 0 Å². The summed E-state index contributed by atoms with van der Waals surface area (Å²) in [6, 6.07) is 16.0. The van der Waals surface area contributed by atoms with Gasteiger partial charge in [0, 0.05) is 5.56 Å². The molecule has 158 valence electrons. The molecule has 2 heterocycles. The van der Waals surface area contributed by atoms with Crippen LogP contribution >= 0.6 is 15.9 Å². The van der Waals surface area contributed by atoms with Gasteiger partial charge in [0.15, 0.2) is 10.4 Å². The van der Waals surface area contributed by atoms with Crippen LogP contribution in [0.25, 0.3) is 22.3 Å². The van der Waals surface area contributed by atoms with E-state index < -0.39 is 11.4 Å². The fourth-order valence-corrected chi connectivity index (χ4v) is 3.56. The number of hydrogen-bond acceptors (Lipinski definition) is 5. The topological polar surface area (TPSA) is 69.7 Å². The number of benzene rings is 2. The molecule has 0 amide bonds. The van der Waals surface area contributed by atoms with E-state index in [4.69, 9.17) is 13.6 Å². The summed E-state index contributed by atoms with van der Waals surface area (Å²) in [4.78, 5) is 25.9. The standard InChI is InChI=1S/C25H21BrO5/c1-14-5-10-17-19(13-14)30-22(15-6-8-16(9-7-15)25(2,3)4)23(21(17)27)31-24(28)18-11-12-20(26)29-18/h5-13H,1-4H3. The number of hydrogen-bond donors (Lipinski definition) is 0. The molecule has 2 aromatic heterocycles. The minimum Gasteiger partial charge on any atom is -0.452 e. The number of carbonyl (C=O) groups excluding carboxylic acids is 1. The van der Waals surface area contributed by atoms with E-state index in [-0.39, 0.29) is 22.7 Å². The smallest absolute Gasteiger partial charge is 0.379 e. The summed E-state index contributed by atoms with van der Waals surface area (Å²) in [5.41, 5.74) is 2.71. The zero-order valence-electron chi connectivity index (χ0n) is 17.6. The molecule has 4 rings (SSSR count). The van der Waals surface area contributed by atoms with Gasteiger partial charge in [-0.2, -0.15) is 0 Å². The molecule has 0 aliphatic heterocycles. The lowest BCUT2D eigenvalue weighted by Gasteiger charge is -2.19. The van der Waals surface area contributed by atoms with Crippen LogP contribution in [0.1, 0.15) is 42.5 Å². The van der Waals surface area contributed by atoms with Gasteiger partial charge in [-0.05, 0) is 63.7 Å². The zero-order chi connectivity index (χ0) is 22.3. The first-order valence-electron chi connectivity index (χ1n) is 9.79. The lowest BCUT2D eigenvalue weighted by atomic mass is 9.86. The summed E-state index contributed by atoms with van der Waals surface area (Å²) in [6.45, 7) is 8.28. The van der Waals surface area contributed by atoms with E-state index in [0.717, 1.165) is 11.1 Å². The van der Waals surface area contributed by atoms with Gasteiger partial charge in [0.2, 0.25) is 16.9 Å². The highest BCUT2D eigenvalue weighted by molar-refractivity contribution is 9.10. The van der Waals surface area contributed by atoms with Gasteiger partial charge in [-0.1, -0.05) is 51.1 Å². The van der Waals surface area contributed by atoms with Crippen molar-refractivity contribution in [2.75, 3.05) is 0 Å². The first-order valence-corrected chi connectivity index (χ1v) is 10.6. The van der Waals surface area contributed by atoms with Crippen molar-refractivity contribution >= 4 is 32.9 Å². The summed E-state index contributed by atoms with van der Waals surface area (Å²) in [6.07, 6.45) is 0. The van der Waals surface area contributed by atoms with Gasteiger partial charge in [0.05, 0.1) is 5.39 Å². The van der Waals surface area contributed by atoms with E-state index in [1.807, 2.05) is 37.3 Å². The molecule has 0 N–H and O–H groups in total. The summed E-state index contributed by atoms with van der Waals surface area (Å²) < 4.78 is 17.3. The molecule has 6 heteroatoms. The van der Waals surface area contributed by atoms with Gasteiger partial charge < -0.3 is 13.6 Å². The second kappa shape index (κ2) is 7.85. The Kier molecular flexibility index (Phi) is 5.35. The van der Waals surface area contributed by atoms with Crippen molar-refractivity contribution in [3.05, 3.63) is 86.4 Å². The maximum absolute atomic E-state index is 13.3. The fourth-order valence-electron chi connectivity index (χ4n) is 3.25. The Morgan fingerprint density at radius 2 is 1.68 bits per heavy atom. The molecule has 0 saturated carbocycles. The van der Waals surface area contributed by atoms with Crippen molar-refractivity contribution in [1.29, 1.82) is 0 Å². The van der Waals surface area contributed by atoms with Gasteiger partial charge in [-0.3, -0.25) is 4.79 Å². The highest BCUT2D eigenvalue weighted by Gasteiger charge is 2.23. The molecule has 4 aromatic rings. The molecule has 0 radical (unpaired) electrons. The van der Waals surface area contributed by atoms with Crippen molar-refractivity contribution in [3.63, 3.8) is 0 Å². The summed E-state index contributed by atoms with van der Waals surface area (Å²) in [7, 11) is 0. The largest absolute Gasteiger partial charge is 0.452 e. The normalized spacial score (nSPS) is 11.6. The van der Waals surface area contributed by atoms with E-state index in [9.17, 15) is 9.59 Å². The summed E-state index contributed by atoms with van der Waals surface area (Å²) >= 11 is 3.16. The van der Waals surface area contributed by atoms with Gasteiger partial charge in [0.25, 0.3) is 0 Å². The molecular formula is C25H21BrO5. The van der Waals surface area contributed by atoms with Crippen LogP contribution in [0.2, 0.25) is 0 Å². The molecule has 0 bridgehead atoms. The fraction of sp³-hybridized carbons (Fsp3) is 0.200. The second-order valence-electron chi connectivity index (χ2n) is 8.41. The molecule has 0 fully saturated rings. The van der Waals surface area contributed by atoms with Gasteiger partial charge >= 0.3 is 5.97 Å². The lowest BCUT2D eigenvalue weighted by molar-refractivity contribution is 0.0696. The number of rotatable bonds is 3. The van der Waals surface area contributed by atoms with Crippen molar-refractivity contribution in [1.82, 2.24) is 0 Å². The molecule has 0 spiro atoms. The molecule has 0 unspecified atom stereocenters. The third-order valence-electron chi connectivity index (χ3n) is 4.99. The minimum absolute atomic E-state index is 0.0238. The van der Waals surface area contributed by atoms with E-state index in [1.165, 1.54) is 6.07 Å². The Balaban J connectivity index is 1.88. The van der Waals surface area contributed by atoms with Crippen LogP contribution in [-0.2, 0) is 5.41 Å². The van der Waals surface area contributed by atoms with Gasteiger partial charge in [0.1, 0.15) is 5.58 Å². The molecule has 0 saturated heterocycles. The first kappa shape index (κ1) is 21.1. The van der Waals surface area contributed by atoms with Crippen LogP contribution < -0.4 is 10.2 Å². The van der Waals surface area contributed by atoms with Crippen molar-refractivity contribution in [2.24, 2.45) is 0 Å². The third-order valence-corrected chi connectivity index (χ3v) is 5.41. The number of furan rings is 1. The number of ether oxygens (including phenoxy) is 1. The highest BCUT2D eigenvalue weighted by atomic mass is 79.9. The number of halogens is 1. The number of esters is 1.